The van der Waals surface area contributed by atoms with Gasteiger partial charge in [-0.15, -0.1) is 0 Å². The number of unbranched alkanes of at least 4 members (excludes halogenated alkanes) is 1. The van der Waals surface area contributed by atoms with Gasteiger partial charge in [0.15, 0.2) is 5.40 Å². The first-order valence-electron chi connectivity index (χ1n) is 5.80. The van der Waals surface area contributed by atoms with E-state index in [1.807, 2.05) is 6.92 Å². The zero-order valence-corrected chi connectivity index (χ0v) is 12.3. The summed E-state index contributed by atoms with van der Waals surface area (Å²) in [5, 5.41) is -2.01. The van der Waals surface area contributed by atoms with Crippen LogP contribution < -0.4 is 4.57 Å². The molecule has 0 aliphatic heterocycles. The number of hydrogen-bond acceptors (Lipinski definition) is 2. The van der Waals surface area contributed by atoms with E-state index >= 15 is 0 Å². The maximum atomic E-state index is 11.1. The topological polar surface area (TPSA) is 124 Å². The minimum Gasteiger partial charge on any atom is -0.324 e. The molecule has 1 aromatic heterocycles. The summed E-state index contributed by atoms with van der Waals surface area (Å²) >= 11 is 0. The number of nitrogens with zero attached hydrogens (tertiary/aromatic N) is 2. The first kappa shape index (κ1) is 16.6. The van der Waals surface area contributed by atoms with Crippen LogP contribution in [-0.2, 0) is 22.2 Å². The van der Waals surface area contributed by atoms with Gasteiger partial charge in [0.25, 0.3) is 0 Å². The molecule has 0 bridgehead atoms. The van der Waals surface area contributed by atoms with Crippen LogP contribution in [0, 0.1) is 0 Å². The van der Waals surface area contributed by atoms with Gasteiger partial charge >= 0.3 is 15.2 Å². The molecule has 0 unspecified atom stereocenters. The van der Waals surface area contributed by atoms with Crippen molar-refractivity contribution >= 4 is 15.2 Å². The number of aromatic nitrogens is 2. The third-order valence-electron chi connectivity index (χ3n) is 2.67. The van der Waals surface area contributed by atoms with E-state index in [4.69, 9.17) is 19.6 Å². The maximum Gasteiger partial charge on any atom is 0.344 e. The molecule has 0 aliphatic carbocycles. The van der Waals surface area contributed by atoms with Gasteiger partial charge in [-0.3, -0.25) is 9.13 Å². The van der Waals surface area contributed by atoms with E-state index in [1.54, 1.807) is 17.1 Å². The Kier molecular flexibility index (Phi) is 5.50. The predicted octanol–water partition coefficient (Wildman–Crippen LogP) is 0.257. The average Bonchev–Trinajstić information content (AvgIpc) is 2.67. The Morgan fingerprint density at radius 1 is 1.21 bits per heavy atom. The minimum atomic E-state index is -4.87. The Labute approximate surface area is 111 Å². The Hall–Kier alpha value is -0.490. The monoisotopic (exact) mass is 313 g/mol. The summed E-state index contributed by atoms with van der Waals surface area (Å²) in [6.45, 7) is 2.36. The second kappa shape index (κ2) is 6.31. The largest absolute Gasteiger partial charge is 0.344 e. The molecule has 19 heavy (non-hydrogen) atoms. The molecule has 0 saturated carbocycles. The lowest BCUT2D eigenvalue weighted by atomic mass is 10.3. The highest BCUT2D eigenvalue weighted by atomic mass is 31.2. The molecule has 0 aliphatic rings. The fraction of sp³-hybridized carbons (Fsp3) is 0.667. The average molecular weight is 313 g/mol. The molecule has 110 valence electrons. The van der Waals surface area contributed by atoms with Crippen molar-refractivity contribution in [1.82, 2.24) is 4.57 Å². The summed E-state index contributed by atoms with van der Waals surface area (Å²) in [5.41, 5.74) is 0. The van der Waals surface area contributed by atoms with E-state index < -0.39 is 27.1 Å². The molecule has 1 heterocycles. The summed E-state index contributed by atoms with van der Waals surface area (Å²) in [5.74, 6) is 0. The van der Waals surface area contributed by atoms with Crippen LogP contribution >= 0.6 is 15.2 Å². The van der Waals surface area contributed by atoms with Crippen molar-refractivity contribution in [3.05, 3.63) is 18.7 Å². The zero-order valence-electron chi connectivity index (χ0n) is 10.5. The van der Waals surface area contributed by atoms with Gasteiger partial charge in [0.1, 0.15) is 18.9 Å². The highest BCUT2D eigenvalue weighted by Gasteiger charge is 2.45. The number of imidazole rings is 1. The smallest absolute Gasteiger partial charge is 0.324 e. The Bertz CT molecular complexity index is 483. The number of rotatable bonds is 7. The number of aryl methyl sites for hydroxylation is 1. The molecule has 8 nitrogen and oxygen atoms in total. The molecule has 1 rings (SSSR count). The lowest BCUT2D eigenvalue weighted by Gasteiger charge is -2.17. The van der Waals surface area contributed by atoms with Gasteiger partial charge in [0, 0.05) is 0 Å². The second-order valence-electron chi connectivity index (χ2n) is 4.36. The number of hydrogen-bond donors (Lipinski definition) is 4. The highest BCUT2D eigenvalue weighted by molar-refractivity contribution is 7.70. The van der Waals surface area contributed by atoms with E-state index in [1.165, 1.54) is 10.8 Å². The molecule has 0 fully saturated rings. The summed E-state index contributed by atoms with van der Waals surface area (Å²) in [6, 6.07) is 0. The third kappa shape index (κ3) is 5.18. The molecule has 10 heteroatoms. The summed E-state index contributed by atoms with van der Waals surface area (Å²) < 4.78 is 25.5. The first-order chi connectivity index (χ1) is 8.64. The van der Waals surface area contributed by atoms with Gasteiger partial charge in [0.05, 0.1) is 6.54 Å². The third-order valence-corrected chi connectivity index (χ3v) is 6.35. The van der Waals surface area contributed by atoms with E-state index in [-0.39, 0.29) is 0 Å². The first-order valence-corrected chi connectivity index (χ1v) is 9.16. The summed E-state index contributed by atoms with van der Waals surface area (Å²) in [7, 11) is -9.74. The van der Waals surface area contributed by atoms with E-state index in [2.05, 4.69) is 0 Å². The second-order valence-corrected chi connectivity index (χ2v) is 8.37. The van der Waals surface area contributed by atoms with Crippen LogP contribution in [0.15, 0.2) is 18.7 Å². The molecule has 0 aromatic carbocycles. The van der Waals surface area contributed by atoms with Crippen LogP contribution in [0.5, 0.6) is 0 Å². The van der Waals surface area contributed by atoms with Crippen LogP contribution in [0.3, 0.4) is 0 Å². The summed E-state index contributed by atoms with van der Waals surface area (Å²) in [6.07, 6.45) is 6.77. The van der Waals surface area contributed by atoms with Crippen LogP contribution in [0.4, 0.5) is 0 Å². The van der Waals surface area contributed by atoms with Crippen molar-refractivity contribution in [2.45, 2.75) is 38.3 Å². The van der Waals surface area contributed by atoms with Gasteiger partial charge < -0.3 is 19.6 Å². The SMILES string of the molecule is CCCCn1cc[n+](CC(P(=O)(O)O)P(=O)(O)O)c1. The van der Waals surface area contributed by atoms with Crippen molar-refractivity contribution in [2.24, 2.45) is 0 Å². The lowest BCUT2D eigenvalue weighted by molar-refractivity contribution is -0.694. The van der Waals surface area contributed by atoms with Crippen molar-refractivity contribution in [1.29, 1.82) is 0 Å². The zero-order chi connectivity index (χ0) is 14.7. The quantitative estimate of drug-likeness (QED) is 0.423. The molecular weight excluding hydrogens is 294 g/mol. The van der Waals surface area contributed by atoms with Gasteiger partial charge in [-0.1, -0.05) is 13.3 Å². The standard InChI is InChI=1S/C9H18N2O6P2/c1-2-3-4-10-5-6-11(8-10)7-9(18(12,13)14)19(15,16)17/h5-6,8-9H,2-4,7H2,1H3,(H3-,12,13,14,15,16,17)/p+1. The highest BCUT2D eigenvalue weighted by Crippen LogP contribution is 2.59. The van der Waals surface area contributed by atoms with Crippen molar-refractivity contribution in [3.8, 4) is 0 Å². The van der Waals surface area contributed by atoms with Crippen molar-refractivity contribution in [2.75, 3.05) is 0 Å². The Morgan fingerprint density at radius 3 is 2.26 bits per heavy atom. The lowest BCUT2D eigenvalue weighted by Crippen LogP contribution is -2.38. The van der Waals surface area contributed by atoms with Crippen molar-refractivity contribution < 1.29 is 33.3 Å². The van der Waals surface area contributed by atoms with Crippen LogP contribution in [0.1, 0.15) is 19.8 Å². The Balaban J connectivity index is 2.83. The fourth-order valence-electron chi connectivity index (χ4n) is 1.62. The van der Waals surface area contributed by atoms with Crippen LogP contribution in [0.25, 0.3) is 0 Å². The molecule has 0 saturated heterocycles. The van der Waals surface area contributed by atoms with Gasteiger partial charge in [0.2, 0.25) is 6.33 Å². The van der Waals surface area contributed by atoms with Gasteiger partial charge in [-0.2, -0.15) is 0 Å². The minimum absolute atomic E-state index is 0.423. The fourth-order valence-corrected chi connectivity index (χ4v) is 3.99. The van der Waals surface area contributed by atoms with E-state index in [0.717, 1.165) is 19.4 Å². The molecule has 0 atom stereocenters. The molecule has 4 N–H and O–H groups in total. The van der Waals surface area contributed by atoms with Crippen LogP contribution in [0.2, 0.25) is 0 Å². The van der Waals surface area contributed by atoms with Crippen LogP contribution in [-0.4, -0.2) is 29.5 Å². The summed E-state index contributed by atoms with van der Waals surface area (Å²) in [4.78, 5) is 36.1. The van der Waals surface area contributed by atoms with Crippen molar-refractivity contribution in [3.63, 3.8) is 0 Å². The molecule has 0 radical (unpaired) electrons. The normalized spacial score (nSPS) is 13.2. The molecular formula is C9H19N2O6P2+. The van der Waals surface area contributed by atoms with Gasteiger partial charge in [-0.05, 0) is 6.42 Å². The van der Waals surface area contributed by atoms with E-state index in [9.17, 15) is 9.13 Å². The Morgan fingerprint density at radius 2 is 1.79 bits per heavy atom. The predicted molar refractivity (Wildman–Crippen MR) is 67.4 cm³/mol. The van der Waals surface area contributed by atoms with E-state index in [0.29, 0.717) is 0 Å². The van der Waals surface area contributed by atoms with Gasteiger partial charge in [-0.25, -0.2) is 9.13 Å². The molecule has 0 amide bonds. The molecule has 0 spiro atoms. The maximum absolute atomic E-state index is 11.1. The molecule has 1 aromatic rings.